The summed E-state index contributed by atoms with van der Waals surface area (Å²) in [6.45, 7) is 2.54. The Morgan fingerprint density at radius 2 is 1.88 bits per heavy atom. The molecule has 0 aromatic heterocycles. The molecular formula is C18H18N2O3S. The first-order chi connectivity index (χ1) is 11.7. The van der Waals surface area contributed by atoms with E-state index >= 15 is 0 Å². The van der Waals surface area contributed by atoms with E-state index in [1.807, 2.05) is 49.4 Å². The molecule has 6 heteroatoms. The van der Waals surface area contributed by atoms with Crippen molar-refractivity contribution in [1.29, 1.82) is 5.26 Å². The van der Waals surface area contributed by atoms with E-state index in [1.54, 1.807) is 12.1 Å². The van der Waals surface area contributed by atoms with Crippen molar-refractivity contribution in [2.45, 2.75) is 6.92 Å². The van der Waals surface area contributed by atoms with Crippen LogP contribution in [0, 0.1) is 11.3 Å². The van der Waals surface area contributed by atoms with Gasteiger partial charge in [-0.05, 0) is 43.3 Å². The molecule has 0 saturated heterocycles. The molecule has 0 aliphatic rings. The fraction of sp³-hybridized carbons (Fsp3) is 0.222. The summed E-state index contributed by atoms with van der Waals surface area (Å²) in [5.41, 5.74) is 0.592. The van der Waals surface area contributed by atoms with Crippen LogP contribution in [0.5, 0.6) is 17.2 Å². The predicted octanol–water partition coefficient (Wildman–Crippen LogP) is 4.07. The average Bonchev–Trinajstić information content (AvgIpc) is 2.59. The zero-order valence-electron chi connectivity index (χ0n) is 13.3. The maximum atomic E-state index is 11.9. The van der Waals surface area contributed by atoms with Crippen LogP contribution in [-0.4, -0.2) is 24.0 Å². The lowest BCUT2D eigenvalue weighted by Crippen LogP contribution is -2.14. The zero-order valence-corrected chi connectivity index (χ0v) is 14.1. The third-order valence-electron chi connectivity index (χ3n) is 2.92. The van der Waals surface area contributed by atoms with E-state index in [2.05, 4.69) is 5.32 Å². The van der Waals surface area contributed by atoms with Gasteiger partial charge in [0.05, 0.1) is 29.9 Å². The number of amides is 1. The van der Waals surface area contributed by atoms with Crippen LogP contribution in [0.2, 0.25) is 0 Å². The van der Waals surface area contributed by atoms with Crippen molar-refractivity contribution in [3.05, 3.63) is 48.5 Å². The van der Waals surface area contributed by atoms with Crippen molar-refractivity contribution < 1.29 is 14.3 Å². The molecule has 0 unspecified atom stereocenters. The highest BCUT2D eigenvalue weighted by Gasteiger charge is 2.08. The fourth-order valence-electron chi connectivity index (χ4n) is 1.93. The largest absolute Gasteiger partial charge is 0.494 e. The van der Waals surface area contributed by atoms with Crippen molar-refractivity contribution in [2.75, 3.05) is 23.4 Å². The van der Waals surface area contributed by atoms with Crippen LogP contribution in [0.15, 0.2) is 48.5 Å². The molecule has 1 amide bonds. The number of rotatable bonds is 8. The molecule has 2 aromatic carbocycles. The van der Waals surface area contributed by atoms with Crippen molar-refractivity contribution in [3.8, 4) is 23.3 Å². The summed E-state index contributed by atoms with van der Waals surface area (Å²) in [5, 5.41) is 11.3. The van der Waals surface area contributed by atoms with Crippen LogP contribution in [-0.2, 0) is 4.79 Å². The number of hydrogen-bond acceptors (Lipinski definition) is 5. The minimum atomic E-state index is -0.169. The molecule has 0 bridgehead atoms. The minimum Gasteiger partial charge on any atom is -0.494 e. The second kappa shape index (κ2) is 9.48. The first-order valence-corrected chi connectivity index (χ1v) is 8.62. The molecule has 0 aliphatic carbocycles. The van der Waals surface area contributed by atoms with E-state index in [1.165, 1.54) is 11.8 Å². The number of carbonyl (C=O) groups excluding carboxylic acids is 1. The molecule has 5 nitrogen and oxygen atoms in total. The summed E-state index contributed by atoms with van der Waals surface area (Å²) in [7, 11) is 0. The SMILES string of the molecule is CCOc1ccc(Oc2ccccc2NC(=O)CSCC#N)cc1. The van der Waals surface area contributed by atoms with E-state index in [0.717, 1.165) is 5.75 Å². The third kappa shape index (κ3) is 5.52. The molecule has 2 rings (SSSR count). The minimum absolute atomic E-state index is 0.169. The summed E-state index contributed by atoms with van der Waals surface area (Å²) in [6, 6.07) is 16.5. The lowest BCUT2D eigenvalue weighted by atomic mass is 10.2. The Balaban J connectivity index is 2.03. The van der Waals surface area contributed by atoms with Crippen LogP contribution in [0.25, 0.3) is 0 Å². The molecule has 0 saturated carbocycles. The molecule has 2 aromatic rings. The molecule has 0 heterocycles. The first kappa shape index (κ1) is 17.7. The van der Waals surface area contributed by atoms with Gasteiger partial charge in [-0.25, -0.2) is 0 Å². The van der Waals surface area contributed by atoms with Crippen LogP contribution in [0.3, 0.4) is 0 Å². The van der Waals surface area contributed by atoms with Gasteiger partial charge in [0.15, 0.2) is 5.75 Å². The Labute approximate surface area is 145 Å². The molecule has 0 aliphatic heterocycles. The molecule has 124 valence electrons. The van der Waals surface area contributed by atoms with Crippen LogP contribution in [0.1, 0.15) is 6.92 Å². The summed E-state index contributed by atoms with van der Waals surface area (Å²) >= 11 is 1.27. The fourth-order valence-corrected chi connectivity index (χ4v) is 2.38. The van der Waals surface area contributed by atoms with Gasteiger partial charge in [-0.2, -0.15) is 5.26 Å². The molecule has 0 spiro atoms. The van der Waals surface area contributed by atoms with Gasteiger partial charge >= 0.3 is 0 Å². The number of carbonyl (C=O) groups is 1. The monoisotopic (exact) mass is 342 g/mol. The Morgan fingerprint density at radius 3 is 2.58 bits per heavy atom. The number of nitriles is 1. The Kier molecular flexibility index (Phi) is 6.99. The Hall–Kier alpha value is -2.65. The van der Waals surface area contributed by atoms with Gasteiger partial charge in [-0.3, -0.25) is 4.79 Å². The summed E-state index contributed by atoms with van der Waals surface area (Å²) < 4.78 is 11.2. The second-order valence-electron chi connectivity index (χ2n) is 4.70. The van der Waals surface area contributed by atoms with Gasteiger partial charge in [0.25, 0.3) is 0 Å². The summed E-state index contributed by atoms with van der Waals surface area (Å²) in [5.74, 6) is 2.33. The van der Waals surface area contributed by atoms with E-state index in [-0.39, 0.29) is 17.4 Å². The molecule has 0 fully saturated rings. The number of para-hydroxylation sites is 2. The summed E-state index contributed by atoms with van der Waals surface area (Å²) in [4.78, 5) is 11.9. The van der Waals surface area contributed by atoms with E-state index in [0.29, 0.717) is 23.8 Å². The van der Waals surface area contributed by atoms with E-state index in [4.69, 9.17) is 14.7 Å². The lowest BCUT2D eigenvalue weighted by molar-refractivity contribution is -0.113. The molecule has 1 N–H and O–H groups in total. The smallest absolute Gasteiger partial charge is 0.234 e. The normalized spacial score (nSPS) is 9.83. The van der Waals surface area contributed by atoms with Gasteiger partial charge in [-0.15, -0.1) is 11.8 Å². The quantitative estimate of drug-likeness (QED) is 0.732. The average molecular weight is 342 g/mol. The van der Waals surface area contributed by atoms with Crippen LogP contribution in [0.4, 0.5) is 5.69 Å². The number of ether oxygens (including phenoxy) is 2. The molecule has 24 heavy (non-hydrogen) atoms. The highest BCUT2D eigenvalue weighted by molar-refractivity contribution is 8.00. The highest BCUT2D eigenvalue weighted by Crippen LogP contribution is 2.30. The number of nitrogens with zero attached hydrogens (tertiary/aromatic N) is 1. The molecular weight excluding hydrogens is 324 g/mol. The van der Waals surface area contributed by atoms with Gasteiger partial charge in [0.1, 0.15) is 11.5 Å². The van der Waals surface area contributed by atoms with Gasteiger partial charge < -0.3 is 14.8 Å². The van der Waals surface area contributed by atoms with Crippen LogP contribution < -0.4 is 14.8 Å². The first-order valence-electron chi connectivity index (χ1n) is 7.47. The van der Waals surface area contributed by atoms with Gasteiger partial charge in [0.2, 0.25) is 5.91 Å². The summed E-state index contributed by atoms with van der Waals surface area (Å²) in [6.07, 6.45) is 0. The third-order valence-corrected chi connectivity index (χ3v) is 3.72. The predicted molar refractivity (Wildman–Crippen MR) is 95.7 cm³/mol. The van der Waals surface area contributed by atoms with Crippen molar-refractivity contribution in [3.63, 3.8) is 0 Å². The highest BCUT2D eigenvalue weighted by atomic mass is 32.2. The van der Waals surface area contributed by atoms with E-state index in [9.17, 15) is 4.79 Å². The second-order valence-corrected chi connectivity index (χ2v) is 5.69. The van der Waals surface area contributed by atoms with Crippen LogP contribution >= 0.6 is 11.8 Å². The van der Waals surface area contributed by atoms with Crippen molar-refractivity contribution in [2.24, 2.45) is 0 Å². The Bertz CT molecular complexity index is 711. The number of nitrogens with one attached hydrogen (secondary N) is 1. The zero-order chi connectivity index (χ0) is 17.2. The number of thioether (sulfide) groups is 1. The molecule has 0 radical (unpaired) electrons. The number of benzene rings is 2. The number of anilines is 1. The van der Waals surface area contributed by atoms with Gasteiger partial charge in [0, 0.05) is 0 Å². The topological polar surface area (TPSA) is 71.3 Å². The molecule has 0 atom stereocenters. The standard InChI is InChI=1S/C18H18N2O3S/c1-2-22-14-7-9-15(10-8-14)23-17-6-4-3-5-16(17)20-18(21)13-24-12-11-19/h3-10H,2,12-13H2,1H3,(H,20,21). The van der Waals surface area contributed by atoms with Gasteiger partial charge in [-0.1, -0.05) is 12.1 Å². The maximum Gasteiger partial charge on any atom is 0.234 e. The van der Waals surface area contributed by atoms with E-state index < -0.39 is 0 Å². The van der Waals surface area contributed by atoms with Crippen molar-refractivity contribution >= 4 is 23.4 Å². The van der Waals surface area contributed by atoms with Crippen molar-refractivity contribution in [1.82, 2.24) is 0 Å². The maximum absolute atomic E-state index is 11.9. The number of hydrogen-bond donors (Lipinski definition) is 1. The Morgan fingerprint density at radius 1 is 1.17 bits per heavy atom. The lowest BCUT2D eigenvalue weighted by Gasteiger charge is -2.12.